The monoisotopic (exact) mass is 360 g/mol. The Kier molecular flexibility index (Phi) is 9.56. The van der Waals surface area contributed by atoms with Gasteiger partial charge in [0, 0.05) is 0 Å². The first-order chi connectivity index (χ1) is 12.4. The number of carbonyl (C=O) groups is 1. The summed E-state index contributed by atoms with van der Waals surface area (Å²) in [4.78, 5) is 12.6. The van der Waals surface area contributed by atoms with E-state index in [1.807, 2.05) is 31.2 Å². The quantitative estimate of drug-likeness (QED) is 0.234. The average Bonchev–Trinajstić information content (AvgIpc) is 2.68. The van der Waals surface area contributed by atoms with Crippen LogP contribution in [-0.2, 0) is 14.3 Å². The van der Waals surface area contributed by atoms with Crippen LogP contribution in [-0.4, -0.2) is 26.3 Å². The van der Waals surface area contributed by atoms with Crippen molar-refractivity contribution in [2.24, 2.45) is 11.8 Å². The number of benzene rings is 1. The zero-order valence-corrected chi connectivity index (χ0v) is 16.7. The van der Waals surface area contributed by atoms with Crippen molar-refractivity contribution in [3.63, 3.8) is 0 Å². The van der Waals surface area contributed by atoms with E-state index in [9.17, 15) is 4.79 Å². The molecule has 0 aliphatic carbocycles. The average molecular weight is 360 g/mol. The molecule has 0 saturated heterocycles. The Bertz CT molecular complexity index is 573. The van der Waals surface area contributed by atoms with E-state index in [1.165, 1.54) is 0 Å². The second-order valence-electron chi connectivity index (χ2n) is 6.69. The van der Waals surface area contributed by atoms with Crippen LogP contribution in [0, 0.1) is 11.8 Å². The number of hydrogen-bond acceptors (Lipinski definition) is 4. The van der Waals surface area contributed by atoms with Crippen LogP contribution < -0.4 is 4.74 Å². The van der Waals surface area contributed by atoms with Crippen LogP contribution in [0.5, 0.6) is 5.75 Å². The first-order valence-electron chi connectivity index (χ1n) is 9.26. The summed E-state index contributed by atoms with van der Waals surface area (Å²) < 4.78 is 16.4. The predicted octanol–water partition coefficient (Wildman–Crippen LogP) is 5.24. The van der Waals surface area contributed by atoms with Gasteiger partial charge in [-0.25, -0.2) is 4.79 Å². The van der Waals surface area contributed by atoms with Crippen molar-refractivity contribution in [2.45, 2.75) is 40.5 Å². The highest BCUT2D eigenvalue weighted by molar-refractivity contribution is 5.97. The molecular formula is C22H32O4. The van der Waals surface area contributed by atoms with Crippen molar-refractivity contribution < 1.29 is 19.0 Å². The summed E-state index contributed by atoms with van der Waals surface area (Å²) in [5, 5.41) is 0. The van der Waals surface area contributed by atoms with E-state index in [4.69, 9.17) is 14.2 Å². The summed E-state index contributed by atoms with van der Waals surface area (Å²) >= 11 is 0. The Morgan fingerprint density at radius 2 is 1.58 bits per heavy atom. The zero-order valence-electron chi connectivity index (χ0n) is 16.7. The fraction of sp³-hybridized carbons (Fsp3) is 0.500. The van der Waals surface area contributed by atoms with Crippen molar-refractivity contribution in [1.29, 1.82) is 0 Å². The summed E-state index contributed by atoms with van der Waals surface area (Å²) in [6.45, 7) is 13.2. The Morgan fingerprint density at radius 1 is 1.04 bits per heavy atom. The third-order valence-corrected chi connectivity index (χ3v) is 4.38. The molecule has 0 radical (unpaired) electrons. The summed E-state index contributed by atoms with van der Waals surface area (Å²) in [5.41, 5.74) is 1.20. The van der Waals surface area contributed by atoms with Crippen LogP contribution in [0.4, 0.5) is 0 Å². The fourth-order valence-electron chi connectivity index (χ4n) is 1.97. The smallest absolute Gasteiger partial charge is 0.341 e. The highest BCUT2D eigenvalue weighted by Crippen LogP contribution is 2.20. The van der Waals surface area contributed by atoms with Gasteiger partial charge >= 0.3 is 5.97 Å². The van der Waals surface area contributed by atoms with Crippen LogP contribution >= 0.6 is 0 Å². The maximum atomic E-state index is 12.6. The minimum Gasteiger partial charge on any atom is -0.497 e. The summed E-state index contributed by atoms with van der Waals surface area (Å²) in [6.07, 6.45) is 3.71. The van der Waals surface area contributed by atoms with E-state index in [2.05, 4.69) is 27.4 Å². The fourth-order valence-corrected chi connectivity index (χ4v) is 1.97. The first-order valence-corrected chi connectivity index (χ1v) is 9.26. The van der Waals surface area contributed by atoms with Gasteiger partial charge in [0.05, 0.1) is 20.3 Å². The molecule has 2 atom stereocenters. The van der Waals surface area contributed by atoms with E-state index in [0.717, 1.165) is 24.2 Å². The number of ether oxygens (including phenoxy) is 3. The van der Waals surface area contributed by atoms with Gasteiger partial charge in [0.25, 0.3) is 0 Å². The van der Waals surface area contributed by atoms with E-state index in [1.54, 1.807) is 13.2 Å². The lowest BCUT2D eigenvalue weighted by atomic mass is 10.1. The van der Waals surface area contributed by atoms with Gasteiger partial charge in [-0.1, -0.05) is 59.2 Å². The van der Waals surface area contributed by atoms with Crippen molar-refractivity contribution in [1.82, 2.24) is 0 Å². The number of methoxy groups -OCH3 is 1. The molecule has 0 N–H and O–H groups in total. The molecule has 4 nitrogen and oxygen atoms in total. The van der Waals surface area contributed by atoms with Gasteiger partial charge in [-0.05, 0) is 35.6 Å². The van der Waals surface area contributed by atoms with Gasteiger partial charge in [0.2, 0.25) is 0 Å². The van der Waals surface area contributed by atoms with Crippen LogP contribution in [0.2, 0.25) is 0 Å². The number of esters is 1. The molecule has 0 aliphatic heterocycles. The van der Waals surface area contributed by atoms with Gasteiger partial charge < -0.3 is 14.2 Å². The second kappa shape index (κ2) is 11.4. The number of hydrogen-bond donors (Lipinski definition) is 0. The highest BCUT2D eigenvalue weighted by atomic mass is 16.5. The molecule has 0 spiro atoms. The molecule has 0 saturated carbocycles. The van der Waals surface area contributed by atoms with Crippen molar-refractivity contribution in [3.8, 4) is 5.75 Å². The van der Waals surface area contributed by atoms with Gasteiger partial charge in [0.15, 0.2) is 0 Å². The lowest BCUT2D eigenvalue weighted by Gasteiger charge is -2.16. The minimum atomic E-state index is -0.407. The Labute approximate surface area is 157 Å². The molecule has 0 amide bonds. The summed E-state index contributed by atoms with van der Waals surface area (Å²) in [6, 6.07) is 7.44. The van der Waals surface area contributed by atoms with Crippen LogP contribution in [0.15, 0.2) is 42.2 Å². The van der Waals surface area contributed by atoms with Crippen molar-refractivity contribution >= 4 is 12.0 Å². The van der Waals surface area contributed by atoms with Gasteiger partial charge in [-0.2, -0.15) is 0 Å². The molecule has 0 heterocycles. The van der Waals surface area contributed by atoms with E-state index in [0.29, 0.717) is 36.4 Å². The maximum Gasteiger partial charge on any atom is 0.341 e. The highest BCUT2D eigenvalue weighted by Gasteiger charge is 2.18. The van der Waals surface area contributed by atoms with E-state index >= 15 is 0 Å². The summed E-state index contributed by atoms with van der Waals surface area (Å²) in [5.74, 6) is 1.40. The molecule has 0 bridgehead atoms. The molecule has 4 heteroatoms. The number of rotatable bonds is 11. The molecule has 1 aromatic carbocycles. The molecule has 1 rings (SSSR count). The largest absolute Gasteiger partial charge is 0.497 e. The minimum absolute atomic E-state index is 0.315. The third-order valence-electron chi connectivity index (χ3n) is 4.38. The van der Waals surface area contributed by atoms with Crippen LogP contribution in [0.25, 0.3) is 6.08 Å². The topological polar surface area (TPSA) is 44.8 Å². The van der Waals surface area contributed by atoms with Crippen molar-refractivity contribution in [2.75, 3.05) is 20.3 Å². The van der Waals surface area contributed by atoms with Crippen LogP contribution in [0.3, 0.4) is 0 Å². The van der Waals surface area contributed by atoms with Crippen LogP contribution in [0.1, 0.15) is 46.1 Å². The normalized spacial score (nSPS) is 13.7. The van der Waals surface area contributed by atoms with E-state index < -0.39 is 5.97 Å². The molecule has 0 aromatic heterocycles. The molecule has 26 heavy (non-hydrogen) atoms. The molecule has 0 aliphatic rings. The Balaban J connectivity index is 2.96. The SMILES string of the molecule is C=C(OCC(C)CC)/C(=C/c1ccc(OC)cc1)C(=O)OCC(C)CC. The standard InChI is InChI=1S/C22H32O4/c1-7-16(3)14-25-18(5)21(22(23)26-15-17(4)8-2)13-19-9-11-20(24-6)12-10-19/h9-13,16-17H,5,7-8,14-15H2,1-4,6H3/b21-13-. The maximum absolute atomic E-state index is 12.6. The molecule has 2 unspecified atom stereocenters. The molecular weight excluding hydrogens is 328 g/mol. The van der Waals surface area contributed by atoms with Gasteiger partial charge in [-0.3, -0.25) is 0 Å². The Hall–Kier alpha value is -2.23. The number of carbonyl (C=O) groups excluding carboxylic acids is 1. The molecule has 0 fully saturated rings. The lowest BCUT2D eigenvalue weighted by Crippen LogP contribution is -2.16. The Morgan fingerprint density at radius 3 is 2.08 bits per heavy atom. The molecule has 1 aromatic rings. The second-order valence-corrected chi connectivity index (χ2v) is 6.69. The first kappa shape index (κ1) is 21.8. The molecule has 144 valence electrons. The lowest BCUT2D eigenvalue weighted by molar-refractivity contribution is -0.140. The van der Waals surface area contributed by atoms with Crippen molar-refractivity contribution in [3.05, 3.63) is 47.7 Å². The predicted molar refractivity (Wildman–Crippen MR) is 106 cm³/mol. The van der Waals surface area contributed by atoms with Gasteiger partial charge in [-0.15, -0.1) is 0 Å². The van der Waals surface area contributed by atoms with E-state index in [-0.39, 0.29) is 0 Å². The third kappa shape index (κ3) is 7.34. The van der Waals surface area contributed by atoms with Gasteiger partial charge in [0.1, 0.15) is 17.1 Å². The zero-order chi connectivity index (χ0) is 19.5. The summed E-state index contributed by atoms with van der Waals surface area (Å²) in [7, 11) is 1.62.